The lowest BCUT2D eigenvalue weighted by Gasteiger charge is -2.23. The van der Waals surface area contributed by atoms with Gasteiger partial charge in [-0.3, -0.25) is 9.69 Å². The molecule has 0 N–H and O–H groups in total. The quantitative estimate of drug-likeness (QED) is 0.632. The highest BCUT2D eigenvalue weighted by molar-refractivity contribution is 5.46. The molecule has 0 radical (unpaired) electrons. The molecule has 1 amide bonds. The van der Waals surface area contributed by atoms with Crippen molar-refractivity contribution in [3.8, 4) is 0 Å². The lowest BCUT2D eigenvalue weighted by Crippen LogP contribution is -2.35. The van der Waals surface area contributed by atoms with Crippen LogP contribution >= 0.6 is 0 Å². The third-order valence-corrected chi connectivity index (χ3v) is 3.26. The highest BCUT2D eigenvalue weighted by Crippen LogP contribution is 2.14. The van der Waals surface area contributed by atoms with E-state index in [4.69, 9.17) is 4.74 Å². The minimum Gasteiger partial charge on any atom is -0.377 e. The summed E-state index contributed by atoms with van der Waals surface area (Å²) in [7, 11) is 0. The lowest BCUT2D eigenvalue weighted by molar-refractivity contribution is -0.118. The molecule has 2 aliphatic heterocycles. The van der Waals surface area contributed by atoms with E-state index in [2.05, 4.69) is 4.90 Å². The molecule has 4 heteroatoms. The number of carbonyl (C=O) groups is 1. The maximum atomic E-state index is 10.6. The molecular weight excluding hydrogens is 192 g/mol. The van der Waals surface area contributed by atoms with Gasteiger partial charge in [0.2, 0.25) is 6.41 Å². The number of hydrogen-bond acceptors (Lipinski definition) is 3. The molecule has 15 heavy (non-hydrogen) atoms. The molecule has 86 valence electrons. The average Bonchev–Trinajstić information content (AvgIpc) is 2.64. The molecule has 2 rings (SSSR count). The van der Waals surface area contributed by atoms with Crippen LogP contribution in [0.25, 0.3) is 0 Å². The number of hydrogen-bond donors (Lipinski definition) is 0. The van der Waals surface area contributed by atoms with Crippen LogP contribution in [0.3, 0.4) is 0 Å². The summed E-state index contributed by atoms with van der Waals surface area (Å²) >= 11 is 0. The second-order valence-electron chi connectivity index (χ2n) is 4.43. The minimum atomic E-state index is 0.438. The van der Waals surface area contributed by atoms with Gasteiger partial charge in [0, 0.05) is 32.8 Å². The third kappa shape index (κ3) is 3.18. The molecule has 1 atom stereocenters. The van der Waals surface area contributed by atoms with Crippen LogP contribution in [-0.4, -0.2) is 61.6 Å². The van der Waals surface area contributed by atoms with E-state index in [1.807, 2.05) is 4.90 Å². The Bertz CT molecular complexity index is 205. The Morgan fingerprint density at radius 3 is 2.87 bits per heavy atom. The van der Waals surface area contributed by atoms with Crippen molar-refractivity contribution in [2.45, 2.75) is 25.4 Å². The summed E-state index contributed by atoms with van der Waals surface area (Å²) < 4.78 is 5.62. The van der Waals surface area contributed by atoms with Crippen molar-refractivity contribution in [1.29, 1.82) is 0 Å². The second-order valence-corrected chi connectivity index (χ2v) is 4.43. The van der Waals surface area contributed by atoms with Crippen molar-refractivity contribution in [2.24, 2.45) is 0 Å². The minimum absolute atomic E-state index is 0.438. The zero-order valence-electron chi connectivity index (χ0n) is 9.23. The summed E-state index contributed by atoms with van der Waals surface area (Å²) in [5.41, 5.74) is 0. The SMILES string of the molecule is O=CN1CCCN(CC2CCCO2)CC1. The Labute approximate surface area is 91.2 Å². The van der Waals surface area contributed by atoms with Gasteiger partial charge in [-0.25, -0.2) is 0 Å². The Hall–Kier alpha value is -0.610. The van der Waals surface area contributed by atoms with Gasteiger partial charge in [0.1, 0.15) is 0 Å². The van der Waals surface area contributed by atoms with E-state index < -0.39 is 0 Å². The fourth-order valence-electron chi connectivity index (χ4n) is 2.36. The Morgan fingerprint density at radius 2 is 2.13 bits per heavy atom. The standard InChI is InChI=1S/C11H20N2O2/c14-10-13-5-2-4-12(6-7-13)9-11-3-1-8-15-11/h10-11H,1-9H2. The predicted molar refractivity (Wildman–Crippen MR) is 57.7 cm³/mol. The number of ether oxygens (including phenoxy) is 1. The first-order valence-corrected chi connectivity index (χ1v) is 5.92. The topological polar surface area (TPSA) is 32.8 Å². The molecular formula is C11H20N2O2. The fraction of sp³-hybridized carbons (Fsp3) is 0.909. The summed E-state index contributed by atoms with van der Waals surface area (Å²) in [6.07, 6.45) is 4.90. The molecule has 1 unspecified atom stereocenters. The maximum absolute atomic E-state index is 10.6. The number of nitrogens with zero attached hydrogens (tertiary/aromatic N) is 2. The molecule has 0 aromatic rings. The second kappa shape index (κ2) is 5.47. The van der Waals surface area contributed by atoms with Gasteiger partial charge in [0.05, 0.1) is 6.10 Å². The number of rotatable bonds is 3. The van der Waals surface area contributed by atoms with Gasteiger partial charge < -0.3 is 9.64 Å². The lowest BCUT2D eigenvalue weighted by atomic mass is 10.2. The summed E-state index contributed by atoms with van der Waals surface area (Å²) in [5.74, 6) is 0. The van der Waals surface area contributed by atoms with Crippen LogP contribution in [0, 0.1) is 0 Å². The van der Waals surface area contributed by atoms with Gasteiger partial charge >= 0.3 is 0 Å². The number of amides is 1. The molecule has 0 aliphatic carbocycles. The first-order chi connectivity index (χ1) is 7.38. The van der Waals surface area contributed by atoms with Gasteiger partial charge in [0.15, 0.2) is 0 Å². The van der Waals surface area contributed by atoms with Crippen molar-refractivity contribution in [2.75, 3.05) is 39.3 Å². The van der Waals surface area contributed by atoms with Crippen molar-refractivity contribution in [3.63, 3.8) is 0 Å². The van der Waals surface area contributed by atoms with Gasteiger partial charge in [-0.15, -0.1) is 0 Å². The summed E-state index contributed by atoms with van der Waals surface area (Å²) in [5, 5.41) is 0. The molecule has 2 heterocycles. The molecule has 0 spiro atoms. The van der Waals surface area contributed by atoms with E-state index in [1.54, 1.807) is 0 Å². The van der Waals surface area contributed by atoms with E-state index in [0.717, 1.165) is 52.2 Å². The van der Waals surface area contributed by atoms with Crippen molar-refractivity contribution in [3.05, 3.63) is 0 Å². The molecule has 2 fully saturated rings. The highest BCUT2D eigenvalue weighted by Gasteiger charge is 2.20. The fourth-order valence-corrected chi connectivity index (χ4v) is 2.36. The average molecular weight is 212 g/mol. The Kier molecular flexibility index (Phi) is 3.97. The third-order valence-electron chi connectivity index (χ3n) is 3.26. The molecule has 0 saturated carbocycles. The molecule has 0 aromatic carbocycles. The van der Waals surface area contributed by atoms with Crippen LogP contribution in [-0.2, 0) is 9.53 Å². The van der Waals surface area contributed by atoms with Gasteiger partial charge in [-0.1, -0.05) is 0 Å². The smallest absolute Gasteiger partial charge is 0.209 e. The van der Waals surface area contributed by atoms with E-state index in [-0.39, 0.29) is 0 Å². The first kappa shape index (κ1) is 10.9. The molecule has 4 nitrogen and oxygen atoms in total. The van der Waals surface area contributed by atoms with Crippen LogP contribution in [0.2, 0.25) is 0 Å². The van der Waals surface area contributed by atoms with Crippen molar-refractivity contribution < 1.29 is 9.53 Å². The molecule has 0 aromatic heterocycles. The highest BCUT2D eigenvalue weighted by atomic mass is 16.5. The van der Waals surface area contributed by atoms with Crippen LogP contribution < -0.4 is 0 Å². The molecule has 0 bridgehead atoms. The van der Waals surface area contributed by atoms with Crippen LogP contribution in [0.15, 0.2) is 0 Å². The maximum Gasteiger partial charge on any atom is 0.209 e. The Balaban J connectivity index is 1.75. The zero-order chi connectivity index (χ0) is 10.5. The molecule has 2 aliphatic rings. The first-order valence-electron chi connectivity index (χ1n) is 5.92. The van der Waals surface area contributed by atoms with E-state index in [1.165, 1.54) is 12.8 Å². The van der Waals surface area contributed by atoms with Gasteiger partial charge in [-0.2, -0.15) is 0 Å². The Morgan fingerprint density at radius 1 is 1.20 bits per heavy atom. The largest absolute Gasteiger partial charge is 0.377 e. The predicted octanol–water partition coefficient (Wildman–Crippen LogP) is 0.329. The summed E-state index contributed by atoms with van der Waals surface area (Å²) in [6.45, 7) is 5.86. The van der Waals surface area contributed by atoms with E-state index >= 15 is 0 Å². The van der Waals surface area contributed by atoms with E-state index in [9.17, 15) is 4.79 Å². The van der Waals surface area contributed by atoms with E-state index in [0.29, 0.717) is 6.10 Å². The zero-order valence-corrected chi connectivity index (χ0v) is 9.23. The van der Waals surface area contributed by atoms with Crippen LogP contribution in [0.1, 0.15) is 19.3 Å². The van der Waals surface area contributed by atoms with Crippen LogP contribution in [0.5, 0.6) is 0 Å². The van der Waals surface area contributed by atoms with Crippen molar-refractivity contribution in [1.82, 2.24) is 9.80 Å². The summed E-state index contributed by atoms with van der Waals surface area (Å²) in [6, 6.07) is 0. The monoisotopic (exact) mass is 212 g/mol. The normalized spacial score (nSPS) is 29.1. The van der Waals surface area contributed by atoms with Crippen LogP contribution in [0.4, 0.5) is 0 Å². The van der Waals surface area contributed by atoms with Gasteiger partial charge in [-0.05, 0) is 25.8 Å². The van der Waals surface area contributed by atoms with Gasteiger partial charge in [0.25, 0.3) is 0 Å². The van der Waals surface area contributed by atoms with Crippen molar-refractivity contribution >= 4 is 6.41 Å². The summed E-state index contributed by atoms with van der Waals surface area (Å²) in [4.78, 5) is 14.9. The molecule has 2 saturated heterocycles. The number of carbonyl (C=O) groups excluding carboxylic acids is 1.